The standard InChI is InChI=1S/Cr.2H3N.H2O4S.12H2O/c;;;1-5(2,3)4;;;;;;;;;;;;/h;2*1H3;(H2,1,2,3,4);12*1H2. The molecule has 0 fully saturated rings. The van der Waals surface area contributed by atoms with Crippen LogP contribution in [-0.2, 0) is 27.8 Å². The van der Waals surface area contributed by atoms with Crippen molar-refractivity contribution in [2.75, 3.05) is 0 Å². The molecular formula is H32CrN2O16S. The Bertz CT molecular complexity index is 104. The number of rotatable bonds is 0. The molecule has 0 aliphatic rings. The minimum Gasteiger partial charge on any atom is -0.412 e. The molecule has 0 spiro atoms. The second-order valence-corrected chi connectivity index (χ2v) is 1.34. The second kappa shape index (κ2) is 176. The molecule has 0 radical (unpaired) electrons. The van der Waals surface area contributed by atoms with Crippen LogP contribution in [-0.4, -0.2) is 83.2 Å². The van der Waals surface area contributed by atoms with Gasteiger partial charge in [0, 0.05) is 17.4 Å². The maximum absolute atomic E-state index is 8.74. The zero-order valence-electron chi connectivity index (χ0n) is 9.94. The van der Waals surface area contributed by atoms with Crippen molar-refractivity contribution in [2.24, 2.45) is 0 Å². The monoisotopic (exact) mass is 400 g/mol. The fourth-order valence-electron chi connectivity index (χ4n) is 0. The van der Waals surface area contributed by atoms with Crippen molar-refractivity contribution < 1.29 is 101 Å². The van der Waals surface area contributed by atoms with E-state index in [-0.39, 0.29) is 95.4 Å². The summed E-state index contributed by atoms with van der Waals surface area (Å²) in [5.74, 6) is 0. The molecule has 0 aromatic rings. The van der Waals surface area contributed by atoms with Crippen LogP contribution < -0.4 is 12.3 Å². The molecule has 0 aromatic heterocycles. The molecule has 0 rings (SSSR count). The molecule has 0 atom stereocenters. The third-order valence-electron chi connectivity index (χ3n) is 0. The molecule has 0 aliphatic carbocycles. The minimum atomic E-state index is -4.67. The van der Waals surface area contributed by atoms with Crippen LogP contribution in [0.5, 0.6) is 0 Å². The predicted molar refractivity (Wildman–Crippen MR) is 67.6 cm³/mol. The summed E-state index contributed by atoms with van der Waals surface area (Å²) in [6, 6.07) is 0. The fourth-order valence-corrected chi connectivity index (χ4v) is 0. The van der Waals surface area contributed by atoms with E-state index in [1.807, 2.05) is 0 Å². The normalized spacial score (nSPS) is 2.90. The molecule has 18 nitrogen and oxygen atoms in total. The van der Waals surface area contributed by atoms with Crippen molar-refractivity contribution in [3.8, 4) is 0 Å². The van der Waals surface area contributed by atoms with Gasteiger partial charge < -0.3 is 78.0 Å². The first-order valence-corrected chi connectivity index (χ1v) is 2.10. The first-order chi connectivity index (χ1) is 2.00. The summed E-state index contributed by atoms with van der Waals surface area (Å²) in [7, 11) is -4.67. The van der Waals surface area contributed by atoms with Crippen LogP contribution in [0.3, 0.4) is 0 Å². The smallest absolute Gasteiger partial charge is 0.394 e. The summed E-state index contributed by atoms with van der Waals surface area (Å²) < 4.78 is 31.6. The van der Waals surface area contributed by atoms with Crippen LogP contribution in [0.4, 0.5) is 0 Å². The Morgan fingerprint density at radius 3 is 0.450 bits per heavy atom. The average molecular weight is 400 g/mol. The van der Waals surface area contributed by atoms with E-state index < -0.39 is 10.4 Å². The Labute approximate surface area is 124 Å². The molecule has 0 aromatic carbocycles. The van der Waals surface area contributed by atoms with Crippen molar-refractivity contribution in [3.05, 3.63) is 0 Å². The third-order valence-corrected chi connectivity index (χ3v) is 0. The Kier molecular flexibility index (Phi) is 4190. The minimum absolute atomic E-state index is 0. The van der Waals surface area contributed by atoms with Gasteiger partial charge in [-0.15, -0.1) is 0 Å². The Morgan fingerprint density at radius 1 is 0.450 bits per heavy atom. The first-order valence-electron chi connectivity index (χ1n) is 0.698. The fraction of sp³-hybridized carbons (Fsp3) is 0. The maximum atomic E-state index is 8.74. The topological polar surface area (TPSA) is 523 Å². The van der Waals surface area contributed by atoms with Gasteiger partial charge in [-0.05, 0) is 0 Å². The van der Waals surface area contributed by atoms with Gasteiger partial charge in [0.2, 0.25) is 0 Å². The first kappa shape index (κ1) is 477. The number of hydrogen-bond acceptors (Lipinski definition) is 4. The van der Waals surface area contributed by atoms with Gasteiger partial charge in [-0.3, -0.25) is 9.11 Å². The van der Waals surface area contributed by atoms with Crippen LogP contribution in [0, 0.1) is 0 Å². The molecule has 0 saturated carbocycles. The van der Waals surface area contributed by atoms with Gasteiger partial charge in [0.15, 0.2) is 0 Å². The quantitative estimate of drug-likeness (QED) is 0.285. The van der Waals surface area contributed by atoms with Crippen LogP contribution in [0.2, 0.25) is 0 Å². The average Bonchev–Trinajstić information content (AvgIpc) is 0.722. The molecule has 32 N–H and O–H groups in total. The summed E-state index contributed by atoms with van der Waals surface area (Å²) in [4.78, 5) is 0. The van der Waals surface area contributed by atoms with Crippen molar-refractivity contribution >= 4 is 10.4 Å². The second-order valence-electron chi connectivity index (χ2n) is 0.448. The van der Waals surface area contributed by atoms with E-state index in [0.717, 1.165) is 0 Å². The van der Waals surface area contributed by atoms with E-state index in [2.05, 4.69) is 0 Å². The van der Waals surface area contributed by atoms with E-state index in [9.17, 15) is 0 Å². The zero-order chi connectivity index (χ0) is 4.50. The van der Waals surface area contributed by atoms with Crippen LogP contribution in [0.25, 0.3) is 0 Å². The molecule has 20 heteroatoms. The van der Waals surface area contributed by atoms with Crippen molar-refractivity contribution in [1.29, 1.82) is 0 Å². The number of hydrogen-bond donors (Lipinski definition) is 4. The molecule has 0 saturated heterocycles. The van der Waals surface area contributed by atoms with E-state index in [1.165, 1.54) is 0 Å². The third kappa shape index (κ3) is 204000. The molecule has 0 aliphatic heterocycles. The van der Waals surface area contributed by atoms with Gasteiger partial charge in [-0.2, -0.15) is 8.42 Å². The van der Waals surface area contributed by atoms with Gasteiger partial charge >= 0.3 is 10.4 Å². The van der Waals surface area contributed by atoms with Gasteiger partial charge in [0.05, 0.1) is 0 Å². The molecule has 0 unspecified atom stereocenters. The van der Waals surface area contributed by atoms with Gasteiger partial charge in [-0.1, -0.05) is 0 Å². The van der Waals surface area contributed by atoms with Crippen molar-refractivity contribution in [3.63, 3.8) is 0 Å². The van der Waals surface area contributed by atoms with E-state index >= 15 is 0 Å². The summed E-state index contributed by atoms with van der Waals surface area (Å²) >= 11 is 0. The maximum Gasteiger partial charge on any atom is 0.394 e. The predicted octanol–water partition coefficient (Wildman–Crippen LogP) is -10.2. The summed E-state index contributed by atoms with van der Waals surface area (Å²) in [5.41, 5.74) is 0. The van der Waals surface area contributed by atoms with E-state index in [4.69, 9.17) is 17.5 Å². The van der Waals surface area contributed by atoms with Crippen LogP contribution >= 0.6 is 0 Å². The van der Waals surface area contributed by atoms with Crippen molar-refractivity contribution in [1.82, 2.24) is 12.3 Å². The molecular weight excluding hydrogens is 368 g/mol. The van der Waals surface area contributed by atoms with E-state index in [1.54, 1.807) is 0 Å². The summed E-state index contributed by atoms with van der Waals surface area (Å²) in [5, 5.41) is 0. The Hall–Kier alpha value is -0.158. The summed E-state index contributed by atoms with van der Waals surface area (Å²) in [6.07, 6.45) is 0. The summed E-state index contributed by atoms with van der Waals surface area (Å²) in [6.45, 7) is 0. The molecule has 20 heavy (non-hydrogen) atoms. The van der Waals surface area contributed by atoms with Crippen LogP contribution in [0.1, 0.15) is 0 Å². The molecule has 0 bridgehead atoms. The van der Waals surface area contributed by atoms with Gasteiger partial charge in [0.25, 0.3) is 0 Å². The Balaban J connectivity index is -0.000000000762. The largest absolute Gasteiger partial charge is 0.412 e. The SMILES string of the molecule is N.N.O.O.O.O.O.O.O.O.O.O.O.O.O=S(=O)(O)O.[Cr]. The van der Waals surface area contributed by atoms with Gasteiger partial charge in [0.1, 0.15) is 0 Å². The van der Waals surface area contributed by atoms with Crippen LogP contribution in [0.15, 0.2) is 0 Å². The molecule has 0 amide bonds. The van der Waals surface area contributed by atoms with Crippen molar-refractivity contribution in [2.45, 2.75) is 0 Å². The molecule has 0 heterocycles. The molecule has 150 valence electrons. The Morgan fingerprint density at radius 2 is 0.450 bits per heavy atom. The zero-order valence-corrected chi connectivity index (χ0v) is 12.0. The van der Waals surface area contributed by atoms with Gasteiger partial charge in [-0.25, -0.2) is 0 Å². The van der Waals surface area contributed by atoms with E-state index in [0.29, 0.717) is 0 Å².